The van der Waals surface area contributed by atoms with Gasteiger partial charge in [-0.25, -0.2) is 4.98 Å². The lowest BCUT2D eigenvalue weighted by Crippen LogP contribution is -2.29. The van der Waals surface area contributed by atoms with Crippen molar-refractivity contribution < 1.29 is 0 Å². The zero-order valence-corrected chi connectivity index (χ0v) is 13.1. The molecule has 1 saturated heterocycles. The van der Waals surface area contributed by atoms with Gasteiger partial charge in [0.1, 0.15) is 0 Å². The summed E-state index contributed by atoms with van der Waals surface area (Å²) in [4.78, 5) is 18.4. The predicted octanol–water partition coefficient (Wildman–Crippen LogP) is 2.33. The number of hydrogen-bond acceptors (Lipinski definition) is 4. The molecule has 1 aliphatic heterocycles. The minimum absolute atomic E-state index is 0.123. The van der Waals surface area contributed by atoms with Gasteiger partial charge in [0.2, 0.25) is 0 Å². The van der Waals surface area contributed by atoms with E-state index in [4.69, 9.17) is 0 Å². The van der Waals surface area contributed by atoms with Crippen LogP contribution >= 0.6 is 0 Å². The highest BCUT2D eigenvalue weighted by molar-refractivity contribution is 5.55. The van der Waals surface area contributed by atoms with Gasteiger partial charge in [-0.05, 0) is 56.6 Å². The van der Waals surface area contributed by atoms with Gasteiger partial charge in [-0.2, -0.15) is 0 Å². The summed E-state index contributed by atoms with van der Waals surface area (Å²) in [6.07, 6.45) is 5.70. The number of anilines is 2. The van der Waals surface area contributed by atoms with Crippen LogP contribution in [0.2, 0.25) is 0 Å². The van der Waals surface area contributed by atoms with E-state index in [1.54, 1.807) is 19.4 Å². The van der Waals surface area contributed by atoms with Crippen LogP contribution in [-0.2, 0) is 7.05 Å². The van der Waals surface area contributed by atoms with Crippen LogP contribution in [0.25, 0.3) is 0 Å². The van der Waals surface area contributed by atoms with E-state index in [2.05, 4.69) is 34.4 Å². The van der Waals surface area contributed by atoms with Crippen LogP contribution < -0.4 is 10.9 Å². The molecular weight excluding hydrogens is 276 g/mol. The number of nitrogens with zero attached hydrogens (tertiary/aromatic N) is 3. The summed E-state index contributed by atoms with van der Waals surface area (Å²) in [5.74, 6) is 1.00. The zero-order chi connectivity index (χ0) is 15.5. The molecule has 3 rings (SSSR count). The topological polar surface area (TPSA) is 50.2 Å². The smallest absolute Gasteiger partial charge is 0.293 e. The fraction of sp³-hybridized carbons (Fsp3) is 0.412. The third kappa shape index (κ3) is 3.20. The molecule has 1 aromatic heterocycles. The van der Waals surface area contributed by atoms with E-state index in [-0.39, 0.29) is 5.56 Å². The highest BCUT2D eigenvalue weighted by Crippen LogP contribution is 2.28. The van der Waals surface area contributed by atoms with Crippen molar-refractivity contribution in [2.24, 2.45) is 7.05 Å². The zero-order valence-electron chi connectivity index (χ0n) is 13.1. The van der Waals surface area contributed by atoms with Gasteiger partial charge >= 0.3 is 0 Å². The van der Waals surface area contributed by atoms with Gasteiger partial charge in [-0.3, -0.25) is 4.79 Å². The molecule has 116 valence electrons. The Morgan fingerprint density at radius 1 is 1.14 bits per heavy atom. The van der Waals surface area contributed by atoms with Crippen LogP contribution in [0.1, 0.15) is 24.3 Å². The van der Waals surface area contributed by atoms with Gasteiger partial charge in [-0.15, -0.1) is 0 Å². The molecule has 2 heterocycles. The van der Waals surface area contributed by atoms with E-state index >= 15 is 0 Å². The van der Waals surface area contributed by atoms with Gasteiger partial charge in [-0.1, -0.05) is 12.1 Å². The second-order valence-electron chi connectivity index (χ2n) is 6.02. The van der Waals surface area contributed by atoms with Gasteiger partial charge in [0.15, 0.2) is 5.82 Å². The third-order valence-corrected chi connectivity index (χ3v) is 4.38. The van der Waals surface area contributed by atoms with E-state index in [9.17, 15) is 4.79 Å². The number of likely N-dealkylation sites (tertiary alicyclic amines) is 1. The average Bonchev–Trinajstić information content (AvgIpc) is 2.53. The van der Waals surface area contributed by atoms with Crippen LogP contribution in [0.3, 0.4) is 0 Å². The van der Waals surface area contributed by atoms with Crippen molar-refractivity contribution in [1.82, 2.24) is 14.5 Å². The molecule has 0 atom stereocenters. The van der Waals surface area contributed by atoms with Crippen molar-refractivity contribution in [3.05, 3.63) is 52.6 Å². The molecule has 5 nitrogen and oxygen atoms in total. The quantitative estimate of drug-likeness (QED) is 0.945. The first-order chi connectivity index (χ1) is 10.6. The van der Waals surface area contributed by atoms with Gasteiger partial charge < -0.3 is 14.8 Å². The van der Waals surface area contributed by atoms with Crippen LogP contribution in [0, 0.1) is 0 Å². The molecule has 0 bridgehead atoms. The summed E-state index contributed by atoms with van der Waals surface area (Å²) in [6, 6.07) is 8.38. The van der Waals surface area contributed by atoms with E-state index in [0.29, 0.717) is 11.7 Å². The molecule has 5 heteroatoms. The van der Waals surface area contributed by atoms with Crippen molar-refractivity contribution in [1.29, 1.82) is 0 Å². The predicted molar refractivity (Wildman–Crippen MR) is 88.7 cm³/mol. The minimum atomic E-state index is -0.123. The molecule has 0 radical (unpaired) electrons. The van der Waals surface area contributed by atoms with Crippen molar-refractivity contribution in [3.8, 4) is 0 Å². The first-order valence-electron chi connectivity index (χ1n) is 7.70. The second kappa shape index (κ2) is 6.32. The lowest BCUT2D eigenvalue weighted by Gasteiger charge is -2.29. The molecular formula is C17H22N4O. The van der Waals surface area contributed by atoms with Crippen molar-refractivity contribution >= 4 is 11.5 Å². The number of aryl methyl sites for hydroxylation is 1. The second-order valence-corrected chi connectivity index (χ2v) is 6.02. The molecule has 1 fully saturated rings. The summed E-state index contributed by atoms with van der Waals surface area (Å²) in [5.41, 5.74) is 2.15. The number of hydrogen-bond donors (Lipinski definition) is 1. The Morgan fingerprint density at radius 3 is 2.50 bits per heavy atom. The maximum absolute atomic E-state index is 12.0. The standard InChI is InChI=1S/C17H22N4O/c1-20-10-7-14(8-11-20)13-3-5-15(6-4-13)19-16-17(22)21(2)12-9-18-16/h3-6,9,12,14H,7-8,10-11H2,1-2H3,(H,18,19). The molecule has 0 amide bonds. The maximum atomic E-state index is 12.0. The molecule has 0 unspecified atom stereocenters. The molecule has 1 aromatic carbocycles. The Labute approximate surface area is 130 Å². The van der Waals surface area contributed by atoms with Gasteiger partial charge in [0.05, 0.1) is 0 Å². The van der Waals surface area contributed by atoms with Crippen molar-refractivity contribution in [3.63, 3.8) is 0 Å². The van der Waals surface area contributed by atoms with Crippen molar-refractivity contribution in [2.75, 3.05) is 25.5 Å². The third-order valence-electron chi connectivity index (χ3n) is 4.38. The SMILES string of the molecule is CN1CCC(c2ccc(Nc3nccn(C)c3=O)cc2)CC1. The fourth-order valence-electron chi connectivity index (χ4n) is 2.90. The van der Waals surface area contributed by atoms with Gasteiger partial charge in [0.25, 0.3) is 5.56 Å². The molecule has 0 aliphatic carbocycles. The summed E-state index contributed by atoms with van der Waals surface area (Å²) in [7, 11) is 3.90. The molecule has 1 N–H and O–H groups in total. The highest BCUT2D eigenvalue weighted by atomic mass is 16.1. The highest BCUT2D eigenvalue weighted by Gasteiger charge is 2.18. The summed E-state index contributed by atoms with van der Waals surface area (Å²) < 4.78 is 1.52. The van der Waals surface area contributed by atoms with E-state index in [1.807, 2.05) is 12.1 Å². The van der Waals surface area contributed by atoms with Crippen LogP contribution in [0.5, 0.6) is 0 Å². The lowest BCUT2D eigenvalue weighted by atomic mass is 9.89. The van der Waals surface area contributed by atoms with E-state index < -0.39 is 0 Å². The Balaban J connectivity index is 1.72. The number of rotatable bonds is 3. The molecule has 0 spiro atoms. The van der Waals surface area contributed by atoms with Crippen LogP contribution in [-0.4, -0.2) is 34.6 Å². The van der Waals surface area contributed by atoms with E-state index in [1.165, 1.54) is 23.0 Å². The molecule has 2 aromatic rings. The first-order valence-corrected chi connectivity index (χ1v) is 7.70. The Bertz CT molecular complexity index is 685. The average molecular weight is 298 g/mol. The number of aromatic nitrogens is 2. The summed E-state index contributed by atoms with van der Waals surface area (Å²) in [6.45, 7) is 2.32. The molecule has 22 heavy (non-hydrogen) atoms. The summed E-state index contributed by atoms with van der Waals surface area (Å²) in [5, 5.41) is 3.10. The number of benzene rings is 1. The largest absolute Gasteiger partial charge is 0.336 e. The van der Waals surface area contributed by atoms with Crippen LogP contribution in [0.15, 0.2) is 41.5 Å². The first kappa shape index (κ1) is 14.8. The maximum Gasteiger partial charge on any atom is 0.293 e. The van der Waals surface area contributed by atoms with Crippen molar-refractivity contribution in [2.45, 2.75) is 18.8 Å². The van der Waals surface area contributed by atoms with Gasteiger partial charge in [0, 0.05) is 25.1 Å². The summed E-state index contributed by atoms with van der Waals surface area (Å²) >= 11 is 0. The fourth-order valence-corrected chi connectivity index (χ4v) is 2.90. The molecule has 1 aliphatic rings. The molecule has 0 saturated carbocycles. The van der Waals surface area contributed by atoms with E-state index in [0.717, 1.165) is 18.8 Å². The Morgan fingerprint density at radius 2 is 1.82 bits per heavy atom. The Hall–Kier alpha value is -2.14. The number of piperidine rings is 1. The minimum Gasteiger partial charge on any atom is -0.336 e. The monoisotopic (exact) mass is 298 g/mol. The normalized spacial score (nSPS) is 16.6. The lowest BCUT2D eigenvalue weighted by molar-refractivity contribution is 0.255. The van der Waals surface area contributed by atoms with Crippen LogP contribution in [0.4, 0.5) is 11.5 Å². The number of nitrogens with one attached hydrogen (secondary N) is 1. The Kier molecular flexibility index (Phi) is 4.24.